The van der Waals surface area contributed by atoms with E-state index in [2.05, 4.69) is 9.97 Å². The average molecular weight is 311 g/mol. The molecule has 0 fully saturated rings. The van der Waals surface area contributed by atoms with Gasteiger partial charge in [-0.2, -0.15) is 5.26 Å². The summed E-state index contributed by atoms with van der Waals surface area (Å²) in [6, 6.07) is 7.44. The number of aromatic hydroxyl groups is 1. The summed E-state index contributed by atoms with van der Waals surface area (Å²) in [5, 5.41) is 18.1. The summed E-state index contributed by atoms with van der Waals surface area (Å²) in [6.07, 6.45) is 1.29. The van der Waals surface area contributed by atoms with Crippen molar-refractivity contribution in [1.82, 2.24) is 9.97 Å². The molecule has 5 nitrogen and oxygen atoms in total. The van der Waals surface area contributed by atoms with E-state index in [-0.39, 0.29) is 16.8 Å². The molecule has 2 aromatic carbocycles. The molecule has 0 aliphatic heterocycles. The molecule has 3 aromatic rings. The number of carbonyl (C=O) groups excluding carboxylic acids is 1. The van der Waals surface area contributed by atoms with Gasteiger partial charge in [0.15, 0.2) is 23.1 Å². The molecule has 0 saturated carbocycles. The van der Waals surface area contributed by atoms with Gasteiger partial charge in [-0.1, -0.05) is 0 Å². The van der Waals surface area contributed by atoms with Crippen LogP contribution in [0, 0.1) is 23.0 Å². The normalized spacial score (nSPS) is 10.5. The van der Waals surface area contributed by atoms with E-state index in [0.29, 0.717) is 11.6 Å². The van der Waals surface area contributed by atoms with Crippen LogP contribution in [-0.4, -0.2) is 20.9 Å². The summed E-state index contributed by atoms with van der Waals surface area (Å²) in [4.78, 5) is 20.3. The van der Waals surface area contributed by atoms with Gasteiger partial charge in [0.25, 0.3) is 0 Å². The lowest BCUT2D eigenvalue weighted by atomic mass is 10.0. The van der Waals surface area contributed by atoms with Gasteiger partial charge in [0.1, 0.15) is 11.8 Å². The summed E-state index contributed by atoms with van der Waals surface area (Å²) in [5.41, 5.74) is 0.229. The second-order valence-corrected chi connectivity index (χ2v) is 4.69. The van der Waals surface area contributed by atoms with Gasteiger partial charge in [-0.15, -0.1) is 0 Å². The third kappa shape index (κ3) is 2.58. The van der Waals surface area contributed by atoms with Crippen LogP contribution in [0.5, 0.6) is 5.75 Å². The van der Waals surface area contributed by atoms with Gasteiger partial charge in [0.2, 0.25) is 0 Å². The first-order chi connectivity index (χ1) is 11.0. The molecule has 7 heteroatoms. The Balaban J connectivity index is 2.13. The number of phenolic OH excluding ortho intramolecular Hbond substituents is 1. The Morgan fingerprint density at radius 2 is 1.96 bits per heavy atom. The van der Waals surface area contributed by atoms with E-state index in [1.807, 2.05) is 6.07 Å². The van der Waals surface area contributed by atoms with Crippen molar-refractivity contribution >= 4 is 16.8 Å². The largest absolute Gasteiger partial charge is 0.508 e. The van der Waals surface area contributed by atoms with E-state index in [9.17, 15) is 18.7 Å². The number of hydrogen-bond acceptors (Lipinski definition) is 5. The van der Waals surface area contributed by atoms with Crippen molar-refractivity contribution in [2.24, 2.45) is 0 Å². The highest BCUT2D eigenvalue weighted by Crippen LogP contribution is 2.23. The first-order valence-corrected chi connectivity index (χ1v) is 6.39. The maximum atomic E-state index is 13.8. The van der Waals surface area contributed by atoms with Crippen molar-refractivity contribution in [3.8, 4) is 11.8 Å². The number of rotatable bonds is 2. The molecule has 112 valence electrons. The molecule has 0 bridgehead atoms. The second kappa shape index (κ2) is 5.42. The minimum absolute atomic E-state index is 0.0331. The maximum Gasteiger partial charge on any atom is 0.196 e. The van der Waals surface area contributed by atoms with Crippen LogP contribution in [0.3, 0.4) is 0 Å². The van der Waals surface area contributed by atoms with Crippen molar-refractivity contribution in [3.63, 3.8) is 0 Å². The molecule has 3 rings (SSSR count). The Bertz CT molecular complexity index is 997. The predicted molar refractivity (Wildman–Crippen MR) is 75.7 cm³/mol. The van der Waals surface area contributed by atoms with Gasteiger partial charge < -0.3 is 5.11 Å². The monoisotopic (exact) mass is 311 g/mol. The summed E-state index contributed by atoms with van der Waals surface area (Å²) in [7, 11) is 0. The molecule has 0 spiro atoms. The summed E-state index contributed by atoms with van der Waals surface area (Å²) < 4.78 is 27.1. The summed E-state index contributed by atoms with van der Waals surface area (Å²) in [5.74, 6) is -4.03. The maximum absolute atomic E-state index is 13.8. The Labute approximate surface area is 128 Å². The molecule has 0 amide bonds. The number of carbonyl (C=O) groups is 1. The molecule has 0 radical (unpaired) electrons. The lowest BCUT2D eigenvalue weighted by Crippen LogP contribution is -2.06. The van der Waals surface area contributed by atoms with Crippen LogP contribution < -0.4 is 0 Å². The number of hydrogen-bond donors (Lipinski definition) is 1. The van der Waals surface area contributed by atoms with Crippen molar-refractivity contribution in [1.29, 1.82) is 5.26 Å². The van der Waals surface area contributed by atoms with Crippen LogP contribution >= 0.6 is 0 Å². The van der Waals surface area contributed by atoms with Crippen molar-refractivity contribution < 1.29 is 18.7 Å². The third-order valence-electron chi connectivity index (χ3n) is 3.18. The summed E-state index contributed by atoms with van der Waals surface area (Å²) in [6.45, 7) is 0. The predicted octanol–water partition coefficient (Wildman–Crippen LogP) is 2.72. The molecule has 1 heterocycles. The van der Waals surface area contributed by atoms with Crippen LogP contribution in [-0.2, 0) is 0 Å². The molecule has 0 aliphatic carbocycles. The number of nitrogens with zero attached hydrogens (tertiary/aromatic N) is 3. The number of fused-ring (bicyclic) bond motifs is 1. The molecule has 23 heavy (non-hydrogen) atoms. The van der Waals surface area contributed by atoms with E-state index < -0.39 is 28.7 Å². The van der Waals surface area contributed by atoms with E-state index in [1.54, 1.807) is 0 Å². The quantitative estimate of drug-likeness (QED) is 0.735. The number of benzene rings is 2. The first-order valence-electron chi connectivity index (χ1n) is 6.39. The number of aromatic nitrogens is 2. The zero-order chi connectivity index (χ0) is 16.6. The first kappa shape index (κ1) is 14.5. The van der Waals surface area contributed by atoms with Crippen molar-refractivity contribution in [3.05, 3.63) is 65.0 Å². The Kier molecular flexibility index (Phi) is 3.43. The fourth-order valence-electron chi connectivity index (χ4n) is 2.10. The molecule has 0 aliphatic rings. The smallest absolute Gasteiger partial charge is 0.196 e. The minimum Gasteiger partial charge on any atom is -0.508 e. The van der Waals surface area contributed by atoms with Gasteiger partial charge in [-0.3, -0.25) is 9.78 Å². The SMILES string of the molecule is N#Cc1cnc2ccc(C(=O)c3cc(O)cc(F)c3F)cc2n1. The minimum atomic E-state index is -1.34. The van der Waals surface area contributed by atoms with E-state index in [0.717, 1.165) is 6.07 Å². The highest BCUT2D eigenvalue weighted by atomic mass is 19.2. The van der Waals surface area contributed by atoms with E-state index in [1.165, 1.54) is 24.4 Å². The zero-order valence-electron chi connectivity index (χ0n) is 11.4. The third-order valence-corrected chi connectivity index (χ3v) is 3.18. The second-order valence-electron chi connectivity index (χ2n) is 4.69. The van der Waals surface area contributed by atoms with E-state index >= 15 is 0 Å². The Morgan fingerprint density at radius 3 is 2.70 bits per heavy atom. The molecule has 0 saturated heterocycles. The fraction of sp³-hybridized carbons (Fsp3) is 0. The molecule has 0 unspecified atom stereocenters. The van der Waals surface area contributed by atoms with E-state index in [4.69, 9.17) is 5.26 Å². The van der Waals surface area contributed by atoms with Crippen LogP contribution in [0.15, 0.2) is 36.5 Å². The zero-order valence-corrected chi connectivity index (χ0v) is 11.4. The molecular weight excluding hydrogens is 304 g/mol. The fourth-order valence-corrected chi connectivity index (χ4v) is 2.10. The van der Waals surface area contributed by atoms with Crippen LogP contribution in [0.25, 0.3) is 11.0 Å². The van der Waals surface area contributed by atoms with Crippen molar-refractivity contribution in [2.45, 2.75) is 0 Å². The number of phenols is 1. The molecule has 0 atom stereocenters. The van der Waals surface area contributed by atoms with Crippen LogP contribution in [0.4, 0.5) is 8.78 Å². The number of nitriles is 1. The highest BCUT2D eigenvalue weighted by Gasteiger charge is 2.19. The van der Waals surface area contributed by atoms with Crippen LogP contribution in [0.2, 0.25) is 0 Å². The molecule has 1 N–H and O–H groups in total. The lowest BCUT2D eigenvalue weighted by Gasteiger charge is -2.06. The van der Waals surface area contributed by atoms with Gasteiger partial charge in [0, 0.05) is 11.6 Å². The summed E-state index contributed by atoms with van der Waals surface area (Å²) >= 11 is 0. The van der Waals surface area contributed by atoms with Gasteiger partial charge in [0.05, 0.1) is 22.8 Å². The molecule has 1 aromatic heterocycles. The van der Waals surface area contributed by atoms with Gasteiger partial charge in [-0.25, -0.2) is 13.8 Å². The average Bonchev–Trinajstić information content (AvgIpc) is 2.56. The lowest BCUT2D eigenvalue weighted by molar-refractivity contribution is 0.103. The van der Waals surface area contributed by atoms with Crippen molar-refractivity contribution in [2.75, 3.05) is 0 Å². The highest BCUT2D eigenvalue weighted by molar-refractivity contribution is 6.10. The van der Waals surface area contributed by atoms with Crippen LogP contribution in [0.1, 0.15) is 21.6 Å². The number of halogens is 2. The molecular formula is C16H7F2N3O2. The van der Waals surface area contributed by atoms with Gasteiger partial charge in [-0.05, 0) is 24.3 Å². The Morgan fingerprint density at radius 1 is 1.17 bits per heavy atom. The Hall–Kier alpha value is -3.40. The standard InChI is InChI=1S/C16H7F2N3O2/c17-12-5-10(22)4-11(15(12)18)16(23)8-1-2-13-14(3-8)21-9(6-19)7-20-13/h1-5,7,22H. The number of ketones is 1. The topological polar surface area (TPSA) is 86.9 Å². The van der Waals surface area contributed by atoms with Gasteiger partial charge >= 0.3 is 0 Å².